The quantitative estimate of drug-likeness (QED) is 0.171. The second kappa shape index (κ2) is 15.4. The van der Waals surface area contributed by atoms with Crippen molar-refractivity contribution >= 4 is 4.21 Å². The Morgan fingerprint density at radius 1 is 0.780 bits per heavy atom. The van der Waals surface area contributed by atoms with Gasteiger partial charge in [-0.15, -0.1) is 11.1 Å². The van der Waals surface area contributed by atoms with Crippen molar-refractivity contribution in [2.75, 3.05) is 0 Å². The van der Waals surface area contributed by atoms with E-state index in [4.69, 9.17) is 0 Å². The summed E-state index contributed by atoms with van der Waals surface area (Å²) in [6, 6.07) is 27.7. The minimum absolute atomic E-state index is 0. The fourth-order valence-electron chi connectivity index (χ4n) is 5.02. The minimum atomic E-state index is 0. The van der Waals surface area contributed by atoms with Crippen molar-refractivity contribution in [2.45, 2.75) is 93.4 Å². The fourth-order valence-corrected chi connectivity index (χ4v) is 5.02. The van der Waals surface area contributed by atoms with Crippen molar-refractivity contribution in [2.24, 2.45) is 11.3 Å². The maximum atomic E-state index is 3.67. The Bertz CT molecular complexity index is 1210. The maximum absolute atomic E-state index is 3.67. The molecule has 2 aliphatic carbocycles. The molecule has 3 aromatic rings. The molecule has 220 valence electrons. The topological polar surface area (TPSA) is 0 Å². The number of hydrogen-bond donors (Lipinski definition) is 0. The van der Waals surface area contributed by atoms with Crippen molar-refractivity contribution < 1.29 is 24.2 Å². The molecule has 0 nitrogen and oxygen atoms in total. The molecule has 5 rings (SSSR count). The Kier molecular flexibility index (Phi) is 13.9. The molecule has 1 unspecified atom stereocenters. The Morgan fingerprint density at radius 3 is 1.76 bits per heavy atom. The molecule has 0 spiro atoms. The van der Waals surface area contributed by atoms with Gasteiger partial charge in [0.2, 0.25) is 0 Å². The summed E-state index contributed by atoms with van der Waals surface area (Å²) in [6.45, 7) is 24.7. The average Bonchev–Trinajstić information content (AvgIpc) is 3.44. The normalized spacial score (nSPS) is 15.1. The maximum Gasteiger partial charge on any atom is -0.171 e. The van der Waals surface area contributed by atoms with Gasteiger partial charge in [-0.05, 0) is 28.4 Å². The van der Waals surface area contributed by atoms with Crippen LogP contribution in [0.3, 0.4) is 0 Å². The van der Waals surface area contributed by atoms with Crippen LogP contribution in [-0.4, -0.2) is 4.21 Å². The van der Waals surface area contributed by atoms with E-state index in [-0.39, 0.29) is 18.3 Å². The zero-order valence-corrected chi connectivity index (χ0v) is 30.3. The van der Waals surface area contributed by atoms with Crippen LogP contribution in [0.4, 0.5) is 0 Å². The Balaban J connectivity index is 0.000000351. The van der Waals surface area contributed by atoms with Crippen LogP contribution in [0.5, 0.6) is 0 Å². The van der Waals surface area contributed by atoms with Gasteiger partial charge in [0, 0.05) is 0 Å². The Labute approximate surface area is 268 Å². The van der Waals surface area contributed by atoms with Gasteiger partial charge in [-0.25, -0.2) is 5.57 Å². The summed E-state index contributed by atoms with van der Waals surface area (Å²) < 4.78 is 3.34. The molecule has 1 heteroatoms. The van der Waals surface area contributed by atoms with E-state index < -0.39 is 0 Å². The van der Waals surface area contributed by atoms with E-state index >= 15 is 0 Å². The molecular weight excluding hydrogens is 572 g/mol. The zero-order valence-electron chi connectivity index (χ0n) is 27.8. The molecule has 0 saturated heterocycles. The van der Waals surface area contributed by atoms with Gasteiger partial charge in [0.05, 0.1) is 0 Å². The molecule has 0 N–H and O–H groups in total. The first-order chi connectivity index (χ1) is 18.6. The molecular formula is C40H52Zr-4. The number of benzene rings is 3. The number of allylic oxidation sites excluding steroid dienone is 4. The van der Waals surface area contributed by atoms with Gasteiger partial charge in [0.15, 0.2) is 0 Å². The van der Waals surface area contributed by atoms with Crippen molar-refractivity contribution in [1.29, 1.82) is 0 Å². The van der Waals surface area contributed by atoms with Crippen LogP contribution in [0.15, 0.2) is 77.9 Å². The molecule has 0 heterocycles. The molecule has 41 heavy (non-hydrogen) atoms. The number of hydrogen-bond acceptors (Lipinski definition) is 0. The van der Waals surface area contributed by atoms with Crippen LogP contribution in [0.1, 0.15) is 98.4 Å². The molecule has 0 radical (unpaired) electrons. The summed E-state index contributed by atoms with van der Waals surface area (Å²) >= 11 is 1.30. The predicted octanol–water partition coefficient (Wildman–Crippen LogP) is 10.9. The van der Waals surface area contributed by atoms with Crippen LogP contribution in [0.25, 0.3) is 11.1 Å². The molecule has 0 fully saturated rings. The van der Waals surface area contributed by atoms with Gasteiger partial charge >= 0.3 is 28.4 Å². The standard InChI is InChI=1S/C21H25.C11H17.C6H5.CH3.CH2.Zr/c1-20(2,3)16-7-9-18-14(12-16)11-15-13-17(21(4,5)6)8-10-19(15)18;1-8-6-9(2)10(7-8)11(3,4)5;1-2-4-6-5-3-1;;;/h7-10,12H,11H2,1-6H3;7-8H,1-5H3;1-5H;1H3;1H2;/q4*-1;;. The van der Waals surface area contributed by atoms with E-state index in [2.05, 4.69) is 135 Å². The third-order valence-corrected chi connectivity index (χ3v) is 7.14. The van der Waals surface area contributed by atoms with Crippen LogP contribution in [0, 0.1) is 37.0 Å². The summed E-state index contributed by atoms with van der Waals surface area (Å²) in [5.74, 6) is 0.518. The summed E-state index contributed by atoms with van der Waals surface area (Å²) in [5, 5.41) is 0. The van der Waals surface area contributed by atoms with Crippen molar-refractivity contribution in [3.63, 3.8) is 0 Å². The van der Waals surface area contributed by atoms with Crippen molar-refractivity contribution in [3.05, 3.63) is 126 Å². The largest absolute Gasteiger partial charge is 0.358 e. The fraction of sp³-hybridized carbons (Fsp3) is 0.400. The van der Waals surface area contributed by atoms with Crippen LogP contribution in [-0.2, 0) is 41.5 Å². The van der Waals surface area contributed by atoms with E-state index in [1.807, 2.05) is 30.3 Å². The van der Waals surface area contributed by atoms with Gasteiger partial charge in [-0.3, -0.25) is 6.08 Å². The molecule has 2 aliphatic rings. The number of fused-ring (bicyclic) bond motifs is 3. The second-order valence-corrected chi connectivity index (χ2v) is 13.8. The summed E-state index contributed by atoms with van der Waals surface area (Å²) in [6.07, 6.45) is 6.74. The first-order valence-electron chi connectivity index (χ1n) is 14.4. The van der Waals surface area contributed by atoms with Crippen molar-refractivity contribution in [1.82, 2.24) is 0 Å². The van der Waals surface area contributed by atoms with Gasteiger partial charge in [-0.2, -0.15) is 71.8 Å². The van der Waals surface area contributed by atoms with E-state index in [1.165, 1.54) is 68.8 Å². The molecule has 0 amide bonds. The predicted molar refractivity (Wildman–Crippen MR) is 179 cm³/mol. The van der Waals surface area contributed by atoms with Crippen LogP contribution < -0.4 is 0 Å². The Hall–Kier alpha value is -2.11. The molecule has 0 aromatic heterocycles. The molecule has 0 aliphatic heterocycles. The van der Waals surface area contributed by atoms with E-state index in [0.717, 1.165) is 6.42 Å². The summed E-state index contributed by atoms with van der Waals surface area (Å²) in [5.41, 5.74) is 11.8. The zero-order chi connectivity index (χ0) is 30.3. The van der Waals surface area contributed by atoms with E-state index in [0.29, 0.717) is 11.3 Å². The van der Waals surface area contributed by atoms with Gasteiger partial charge in [-0.1, -0.05) is 111 Å². The van der Waals surface area contributed by atoms with Crippen LogP contribution >= 0.6 is 0 Å². The Morgan fingerprint density at radius 2 is 1.37 bits per heavy atom. The third-order valence-electron chi connectivity index (χ3n) is 7.14. The summed E-state index contributed by atoms with van der Waals surface area (Å²) in [7, 11) is 0. The molecule has 3 aromatic carbocycles. The third kappa shape index (κ3) is 10.6. The average molecular weight is 624 g/mol. The van der Waals surface area contributed by atoms with Gasteiger partial charge in [0.1, 0.15) is 0 Å². The number of rotatable bonds is 0. The van der Waals surface area contributed by atoms with Crippen LogP contribution in [0.2, 0.25) is 0 Å². The smallest absolute Gasteiger partial charge is 0.171 e. The van der Waals surface area contributed by atoms with E-state index in [1.54, 1.807) is 0 Å². The SMILES string of the molecule is CC(C)(C)c1[c-]c2c(cc1)-c1ccc(C(C)(C)C)cc1C2.CC1=[C-]C(C)C=C1C(C)(C)C.[CH2]=[Zr].[CH3-].[c-]1ccccc1. The first-order valence-corrected chi connectivity index (χ1v) is 16.1. The molecule has 1 atom stereocenters. The van der Waals surface area contributed by atoms with E-state index in [9.17, 15) is 0 Å². The molecule has 0 saturated carbocycles. The minimum Gasteiger partial charge on any atom is -0.358 e. The second-order valence-electron chi connectivity index (χ2n) is 13.8. The van der Waals surface area contributed by atoms with Gasteiger partial charge < -0.3 is 7.43 Å². The molecule has 0 bridgehead atoms. The summed E-state index contributed by atoms with van der Waals surface area (Å²) in [4.78, 5) is 0. The first kappa shape index (κ1) is 36.9. The van der Waals surface area contributed by atoms with Gasteiger partial charge in [0.25, 0.3) is 0 Å². The van der Waals surface area contributed by atoms with Crippen molar-refractivity contribution in [3.8, 4) is 11.1 Å². The monoisotopic (exact) mass is 622 g/mol.